The molecule has 0 bridgehead atoms. The molecule has 9 nitrogen and oxygen atoms in total. The highest BCUT2D eigenvalue weighted by Crippen LogP contribution is 2.09. The van der Waals surface area contributed by atoms with Crippen molar-refractivity contribution >= 4 is 17.8 Å². The number of aromatic nitrogens is 2. The van der Waals surface area contributed by atoms with Gasteiger partial charge in [0.05, 0.1) is 6.54 Å². The van der Waals surface area contributed by atoms with E-state index in [4.69, 9.17) is 4.52 Å². The number of rotatable bonds is 7. The molecular formula is C13H19N5O4. The molecule has 0 aromatic carbocycles. The Balaban J connectivity index is 1.86. The van der Waals surface area contributed by atoms with E-state index < -0.39 is 18.0 Å². The lowest BCUT2D eigenvalue weighted by Crippen LogP contribution is -2.34. The minimum absolute atomic E-state index is 0.132. The summed E-state index contributed by atoms with van der Waals surface area (Å²) in [6, 6.07) is -1.17. The van der Waals surface area contributed by atoms with Crippen LogP contribution in [0, 0.1) is 0 Å². The largest absolute Gasteiger partial charge is 0.337 e. The Hall–Kier alpha value is -2.45. The van der Waals surface area contributed by atoms with Crippen molar-refractivity contribution in [3.63, 3.8) is 0 Å². The molecule has 0 aliphatic carbocycles. The number of carbonyl (C=O) groups is 3. The Morgan fingerprint density at radius 2 is 2.14 bits per heavy atom. The van der Waals surface area contributed by atoms with Crippen LogP contribution in [0.4, 0.5) is 4.79 Å². The number of nitrogens with zero attached hydrogens (tertiary/aromatic N) is 3. The molecule has 2 rings (SSSR count). The van der Waals surface area contributed by atoms with E-state index in [2.05, 4.69) is 20.8 Å². The van der Waals surface area contributed by atoms with Gasteiger partial charge < -0.3 is 14.7 Å². The van der Waals surface area contributed by atoms with Crippen LogP contribution in [0.15, 0.2) is 4.52 Å². The van der Waals surface area contributed by atoms with Crippen LogP contribution < -0.4 is 10.6 Å². The number of hydrogen-bond donors (Lipinski definition) is 2. The van der Waals surface area contributed by atoms with Gasteiger partial charge in [-0.3, -0.25) is 14.9 Å². The third kappa shape index (κ3) is 3.80. The zero-order valence-electron chi connectivity index (χ0n) is 12.6. The lowest BCUT2D eigenvalue weighted by molar-refractivity contribution is -0.132. The molecule has 0 radical (unpaired) electrons. The number of carbonyl (C=O) groups excluding carboxylic acids is 3. The van der Waals surface area contributed by atoms with Crippen LogP contribution in [-0.4, -0.2) is 45.5 Å². The third-order valence-corrected chi connectivity index (χ3v) is 3.39. The summed E-state index contributed by atoms with van der Waals surface area (Å²) in [5.74, 6) is 0.459. The summed E-state index contributed by atoms with van der Waals surface area (Å²) in [7, 11) is 0. The normalized spacial score (nSPS) is 17.3. The Morgan fingerprint density at radius 3 is 2.68 bits per heavy atom. The average molecular weight is 309 g/mol. The number of imide groups is 1. The molecule has 1 unspecified atom stereocenters. The van der Waals surface area contributed by atoms with Crippen LogP contribution in [0.2, 0.25) is 0 Å². The second-order valence-corrected chi connectivity index (χ2v) is 4.92. The molecule has 1 aromatic heterocycles. The summed E-state index contributed by atoms with van der Waals surface area (Å²) in [4.78, 5) is 40.3. The molecule has 1 aromatic rings. The van der Waals surface area contributed by atoms with E-state index in [0.29, 0.717) is 24.7 Å². The molecule has 1 atom stereocenters. The van der Waals surface area contributed by atoms with E-state index >= 15 is 0 Å². The first kappa shape index (κ1) is 15.9. The Bertz CT molecular complexity index is 571. The third-order valence-electron chi connectivity index (χ3n) is 3.39. The summed E-state index contributed by atoms with van der Waals surface area (Å²) in [6.45, 7) is 4.49. The maximum Gasteiger partial charge on any atom is 0.322 e. The van der Waals surface area contributed by atoms with Gasteiger partial charge in [-0.1, -0.05) is 12.1 Å². The molecule has 9 heteroatoms. The summed E-state index contributed by atoms with van der Waals surface area (Å²) >= 11 is 0. The van der Waals surface area contributed by atoms with E-state index in [0.717, 1.165) is 0 Å². The van der Waals surface area contributed by atoms with Crippen molar-refractivity contribution in [3.8, 4) is 0 Å². The van der Waals surface area contributed by atoms with E-state index in [-0.39, 0.29) is 25.3 Å². The van der Waals surface area contributed by atoms with Crippen molar-refractivity contribution in [2.75, 3.05) is 6.54 Å². The quantitative estimate of drug-likeness (QED) is 0.683. The highest BCUT2D eigenvalue weighted by Gasteiger charge is 2.30. The van der Waals surface area contributed by atoms with Gasteiger partial charge in [-0.2, -0.15) is 4.98 Å². The van der Waals surface area contributed by atoms with E-state index in [1.807, 2.05) is 13.8 Å². The van der Waals surface area contributed by atoms with Gasteiger partial charge in [0.2, 0.25) is 11.8 Å². The van der Waals surface area contributed by atoms with Crippen molar-refractivity contribution in [1.29, 1.82) is 0 Å². The zero-order valence-corrected chi connectivity index (χ0v) is 12.6. The summed E-state index contributed by atoms with van der Waals surface area (Å²) in [5, 5.41) is 8.39. The molecular weight excluding hydrogens is 290 g/mol. The molecule has 1 fully saturated rings. The van der Waals surface area contributed by atoms with E-state index in [1.54, 1.807) is 4.90 Å². The highest BCUT2D eigenvalue weighted by atomic mass is 16.5. The first-order valence-electron chi connectivity index (χ1n) is 7.24. The average Bonchev–Trinajstić information content (AvgIpc) is 3.08. The van der Waals surface area contributed by atoms with Gasteiger partial charge in [-0.25, -0.2) is 4.79 Å². The minimum atomic E-state index is -0.648. The predicted molar refractivity (Wildman–Crippen MR) is 74.5 cm³/mol. The zero-order chi connectivity index (χ0) is 16.1. The fraction of sp³-hybridized carbons (Fsp3) is 0.615. The van der Waals surface area contributed by atoms with Gasteiger partial charge in [0, 0.05) is 19.4 Å². The summed E-state index contributed by atoms with van der Waals surface area (Å²) in [5.41, 5.74) is 0. The van der Waals surface area contributed by atoms with Gasteiger partial charge >= 0.3 is 6.03 Å². The van der Waals surface area contributed by atoms with Gasteiger partial charge in [0.25, 0.3) is 5.91 Å². The molecule has 1 saturated heterocycles. The van der Waals surface area contributed by atoms with Crippen LogP contribution in [0.3, 0.4) is 0 Å². The number of aryl methyl sites for hydroxylation is 1. The SMILES string of the molecule is CCc1noc(CN(CC)C(=O)CCC2NC(=O)NC2=O)n1. The molecule has 1 aliphatic rings. The Labute approximate surface area is 127 Å². The van der Waals surface area contributed by atoms with Crippen LogP contribution >= 0.6 is 0 Å². The van der Waals surface area contributed by atoms with Crippen LogP contribution in [0.25, 0.3) is 0 Å². The van der Waals surface area contributed by atoms with Gasteiger partial charge in [-0.15, -0.1) is 0 Å². The maximum atomic E-state index is 12.2. The van der Waals surface area contributed by atoms with Crippen molar-refractivity contribution < 1.29 is 18.9 Å². The summed E-state index contributed by atoms with van der Waals surface area (Å²) < 4.78 is 5.07. The van der Waals surface area contributed by atoms with E-state index in [1.165, 1.54) is 0 Å². The van der Waals surface area contributed by atoms with Crippen molar-refractivity contribution in [3.05, 3.63) is 11.7 Å². The fourth-order valence-electron chi connectivity index (χ4n) is 2.13. The standard InChI is InChI=1S/C13H19N5O4/c1-3-9-15-10(22-17-9)7-18(4-2)11(19)6-5-8-12(20)16-13(21)14-8/h8H,3-7H2,1-2H3,(H2,14,16,20,21). The molecule has 1 aliphatic heterocycles. The second kappa shape index (κ2) is 7.01. The fourth-order valence-corrected chi connectivity index (χ4v) is 2.13. The maximum absolute atomic E-state index is 12.2. The van der Waals surface area contributed by atoms with Gasteiger partial charge in [0.15, 0.2) is 5.82 Å². The number of amides is 4. The van der Waals surface area contributed by atoms with Crippen LogP contribution in [0.1, 0.15) is 38.4 Å². The second-order valence-electron chi connectivity index (χ2n) is 4.92. The lowest BCUT2D eigenvalue weighted by Gasteiger charge is -2.19. The molecule has 0 spiro atoms. The van der Waals surface area contributed by atoms with Gasteiger partial charge in [-0.05, 0) is 13.3 Å². The van der Waals surface area contributed by atoms with E-state index in [9.17, 15) is 14.4 Å². The minimum Gasteiger partial charge on any atom is -0.337 e. The van der Waals surface area contributed by atoms with Crippen molar-refractivity contribution in [2.24, 2.45) is 0 Å². The van der Waals surface area contributed by atoms with Gasteiger partial charge in [0.1, 0.15) is 6.04 Å². The molecule has 2 N–H and O–H groups in total. The van der Waals surface area contributed by atoms with Crippen LogP contribution in [0.5, 0.6) is 0 Å². The highest BCUT2D eigenvalue weighted by molar-refractivity contribution is 6.04. The Morgan fingerprint density at radius 1 is 1.36 bits per heavy atom. The Kier molecular flexibility index (Phi) is 5.08. The molecule has 120 valence electrons. The molecule has 0 saturated carbocycles. The van der Waals surface area contributed by atoms with Crippen LogP contribution in [-0.2, 0) is 22.6 Å². The first-order valence-corrected chi connectivity index (χ1v) is 7.24. The number of hydrogen-bond acceptors (Lipinski definition) is 6. The first-order chi connectivity index (χ1) is 10.5. The van der Waals surface area contributed by atoms with Crippen molar-refractivity contribution in [2.45, 2.75) is 45.7 Å². The smallest absolute Gasteiger partial charge is 0.322 e. The number of urea groups is 1. The lowest BCUT2D eigenvalue weighted by atomic mass is 10.1. The molecule has 2 heterocycles. The monoisotopic (exact) mass is 309 g/mol. The molecule has 4 amide bonds. The number of nitrogens with one attached hydrogen (secondary N) is 2. The summed E-state index contributed by atoms with van der Waals surface area (Å²) in [6.07, 6.45) is 1.08. The topological polar surface area (TPSA) is 117 Å². The predicted octanol–water partition coefficient (Wildman–Crippen LogP) is -0.0313. The van der Waals surface area contributed by atoms with Crippen molar-refractivity contribution in [1.82, 2.24) is 25.7 Å². The molecule has 22 heavy (non-hydrogen) atoms.